The van der Waals surface area contributed by atoms with Gasteiger partial charge in [0.2, 0.25) is 0 Å². The quantitative estimate of drug-likeness (QED) is 0.853. The highest BCUT2D eigenvalue weighted by molar-refractivity contribution is 5.95. The maximum absolute atomic E-state index is 11.1. The number of aryl methyl sites for hydroxylation is 1. The zero-order valence-electron chi connectivity index (χ0n) is 9.65. The highest BCUT2D eigenvalue weighted by atomic mass is 16.5. The van der Waals surface area contributed by atoms with Crippen molar-refractivity contribution in [2.24, 2.45) is 0 Å². The molecule has 0 saturated heterocycles. The molecule has 0 atom stereocenters. The lowest BCUT2D eigenvalue weighted by molar-refractivity contribution is 0.0698. The molecular weight excluding hydrogens is 218 g/mol. The third-order valence-electron chi connectivity index (χ3n) is 2.56. The van der Waals surface area contributed by atoms with Crippen molar-refractivity contribution in [2.45, 2.75) is 6.92 Å². The molecule has 4 heteroatoms. The lowest BCUT2D eigenvalue weighted by Gasteiger charge is -2.03. The predicted octanol–water partition coefficient (Wildman–Crippen LogP) is 2.70. The van der Waals surface area contributed by atoms with Crippen molar-refractivity contribution >= 4 is 5.97 Å². The minimum Gasteiger partial charge on any atom is -0.497 e. The molecule has 0 aliphatic carbocycles. The molecule has 2 rings (SSSR count). The Morgan fingerprint density at radius 2 is 1.94 bits per heavy atom. The number of carboxylic acid groups (broad SMARTS) is 1. The van der Waals surface area contributed by atoms with E-state index in [0.29, 0.717) is 5.69 Å². The third-order valence-corrected chi connectivity index (χ3v) is 2.56. The fourth-order valence-corrected chi connectivity index (χ4v) is 1.74. The zero-order chi connectivity index (χ0) is 12.4. The Morgan fingerprint density at radius 1 is 1.29 bits per heavy atom. The summed E-state index contributed by atoms with van der Waals surface area (Å²) >= 11 is 0. The van der Waals surface area contributed by atoms with Gasteiger partial charge in [-0.25, -0.2) is 4.79 Å². The van der Waals surface area contributed by atoms with Crippen molar-refractivity contribution in [3.63, 3.8) is 0 Å². The van der Waals surface area contributed by atoms with Crippen molar-refractivity contribution < 1.29 is 14.6 Å². The van der Waals surface area contributed by atoms with Gasteiger partial charge in [-0.15, -0.1) is 0 Å². The summed E-state index contributed by atoms with van der Waals surface area (Å²) in [5, 5.41) is 9.10. The standard InChI is InChI=1S/C13H13NO3/c1-8-7-11(13(15)16)12(14-8)9-3-5-10(17-2)6-4-9/h3-7,14H,1-2H3,(H,15,16). The molecule has 0 radical (unpaired) electrons. The Labute approximate surface area is 98.9 Å². The Balaban J connectivity index is 2.48. The molecule has 0 fully saturated rings. The van der Waals surface area contributed by atoms with Crippen LogP contribution in [0.5, 0.6) is 5.75 Å². The van der Waals surface area contributed by atoms with Crippen LogP contribution in [-0.4, -0.2) is 23.2 Å². The van der Waals surface area contributed by atoms with E-state index in [1.165, 1.54) is 0 Å². The lowest BCUT2D eigenvalue weighted by Crippen LogP contribution is -1.96. The average Bonchev–Trinajstić information content (AvgIpc) is 2.72. The van der Waals surface area contributed by atoms with Gasteiger partial charge in [0.25, 0.3) is 0 Å². The molecular formula is C13H13NO3. The first-order valence-electron chi connectivity index (χ1n) is 5.19. The van der Waals surface area contributed by atoms with Gasteiger partial charge in [0.1, 0.15) is 5.75 Å². The first kappa shape index (κ1) is 11.3. The number of H-pyrrole nitrogens is 1. The Bertz CT molecular complexity index is 540. The summed E-state index contributed by atoms with van der Waals surface area (Å²) < 4.78 is 5.06. The van der Waals surface area contributed by atoms with E-state index in [1.807, 2.05) is 19.1 Å². The van der Waals surface area contributed by atoms with Gasteiger partial charge in [-0.2, -0.15) is 0 Å². The summed E-state index contributed by atoms with van der Waals surface area (Å²) in [6, 6.07) is 8.89. The molecule has 88 valence electrons. The molecule has 0 saturated carbocycles. The normalized spacial score (nSPS) is 10.2. The van der Waals surface area contributed by atoms with E-state index in [0.717, 1.165) is 17.0 Å². The van der Waals surface area contributed by atoms with E-state index in [1.54, 1.807) is 25.3 Å². The number of rotatable bonds is 3. The molecule has 0 amide bonds. The summed E-state index contributed by atoms with van der Waals surface area (Å²) in [5.41, 5.74) is 2.56. The highest BCUT2D eigenvalue weighted by Gasteiger charge is 2.14. The number of aromatic carboxylic acids is 1. The van der Waals surface area contributed by atoms with Crippen LogP contribution in [-0.2, 0) is 0 Å². The zero-order valence-corrected chi connectivity index (χ0v) is 9.65. The minimum absolute atomic E-state index is 0.285. The second kappa shape index (κ2) is 4.33. The number of aromatic nitrogens is 1. The summed E-state index contributed by atoms with van der Waals surface area (Å²) in [6.45, 7) is 1.83. The number of aromatic amines is 1. The maximum atomic E-state index is 11.1. The van der Waals surface area contributed by atoms with Gasteiger partial charge < -0.3 is 14.8 Å². The largest absolute Gasteiger partial charge is 0.497 e. The Morgan fingerprint density at radius 3 is 2.47 bits per heavy atom. The van der Waals surface area contributed by atoms with Gasteiger partial charge in [0, 0.05) is 5.69 Å². The van der Waals surface area contributed by atoms with Crippen LogP contribution in [0.2, 0.25) is 0 Å². The number of ether oxygens (including phenoxy) is 1. The number of hydrogen-bond donors (Lipinski definition) is 2. The molecule has 1 heterocycles. The Hall–Kier alpha value is -2.23. The summed E-state index contributed by atoms with van der Waals surface area (Å²) in [5.74, 6) is -0.186. The molecule has 0 aliphatic heterocycles. The number of carbonyl (C=O) groups is 1. The predicted molar refractivity (Wildman–Crippen MR) is 64.5 cm³/mol. The fraction of sp³-hybridized carbons (Fsp3) is 0.154. The number of benzene rings is 1. The Kier molecular flexibility index (Phi) is 2.87. The van der Waals surface area contributed by atoms with E-state index in [2.05, 4.69) is 4.98 Å². The van der Waals surface area contributed by atoms with Crippen LogP contribution < -0.4 is 4.74 Å². The molecule has 0 unspecified atom stereocenters. The van der Waals surface area contributed by atoms with E-state index >= 15 is 0 Å². The lowest BCUT2D eigenvalue weighted by atomic mass is 10.1. The minimum atomic E-state index is -0.930. The maximum Gasteiger partial charge on any atom is 0.337 e. The summed E-state index contributed by atoms with van der Waals surface area (Å²) in [4.78, 5) is 14.1. The van der Waals surface area contributed by atoms with Crippen LogP contribution in [0, 0.1) is 6.92 Å². The second-order valence-corrected chi connectivity index (χ2v) is 3.77. The summed E-state index contributed by atoms with van der Waals surface area (Å²) in [6.07, 6.45) is 0. The number of methoxy groups -OCH3 is 1. The first-order chi connectivity index (χ1) is 8.11. The molecule has 0 bridgehead atoms. The molecule has 17 heavy (non-hydrogen) atoms. The van der Waals surface area contributed by atoms with Gasteiger partial charge >= 0.3 is 5.97 Å². The third kappa shape index (κ3) is 2.15. The molecule has 4 nitrogen and oxygen atoms in total. The van der Waals surface area contributed by atoms with Gasteiger partial charge in [-0.05, 0) is 42.8 Å². The van der Waals surface area contributed by atoms with Gasteiger partial charge in [-0.3, -0.25) is 0 Å². The van der Waals surface area contributed by atoms with Crippen LogP contribution in [0.4, 0.5) is 0 Å². The van der Waals surface area contributed by atoms with E-state index < -0.39 is 5.97 Å². The molecule has 2 N–H and O–H groups in total. The van der Waals surface area contributed by atoms with Crippen LogP contribution >= 0.6 is 0 Å². The van der Waals surface area contributed by atoms with E-state index in [-0.39, 0.29) is 5.56 Å². The van der Waals surface area contributed by atoms with Gasteiger partial charge in [0.05, 0.1) is 18.4 Å². The molecule has 1 aromatic carbocycles. The SMILES string of the molecule is COc1ccc(-c2[nH]c(C)cc2C(=O)O)cc1. The topological polar surface area (TPSA) is 62.3 Å². The molecule has 2 aromatic rings. The number of carboxylic acids is 1. The monoisotopic (exact) mass is 231 g/mol. The van der Waals surface area contributed by atoms with Crippen molar-refractivity contribution in [3.05, 3.63) is 41.6 Å². The fourth-order valence-electron chi connectivity index (χ4n) is 1.74. The molecule has 0 aliphatic rings. The van der Waals surface area contributed by atoms with Gasteiger partial charge in [0.15, 0.2) is 0 Å². The van der Waals surface area contributed by atoms with Crippen LogP contribution in [0.25, 0.3) is 11.3 Å². The van der Waals surface area contributed by atoms with Crippen molar-refractivity contribution in [3.8, 4) is 17.0 Å². The second-order valence-electron chi connectivity index (χ2n) is 3.77. The number of hydrogen-bond acceptors (Lipinski definition) is 2. The number of nitrogens with one attached hydrogen (secondary N) is 1. The van der Waals surface area contributed by atoms with Crippen LogP contribution in [0.1, 0.15) is 16.1 Å². The van der Waals surface area contributed by atoms with Crippen molar-refractivity contribution in [1.82, 2.24) is 4.98 Å². The van der Waals surface area contributed by atoms with E-state index in [9.17, 15) is 4.79 Å². The summed E-state index contributed by atoms with van der Waals surface area (Å²) in [7, 11) is 1.59. The van der Waals surface area contributed by atoms with Crippen LogP contribution in [0.15, 0.2) is 30.3 Å². The van der Waals surface area contributed by atoms with Crippen LogP contribution in [0.3, 0.4) is 0 Å². The molecule has 0 spiro atoms. The smallest absolute Gasteiger partial charge is 0.337 e. The van der Waals surface area contributed by atoms with Crippen molar-refractivity contribution in [2.75, 3.05) is 7.11 Å². The first-order valence-corrected chi connectivity index (χ1v) is 5.19. The van der Waals surface area contributed by atoms with E-state index in [4.69, 9.17) is 9.84 Å². The van der Waals surface area contributed by atoms with Crippen molar-refractivity contribution in [1.29, 1.82) is 0 Å². The average molecular weight is 231 g/mol. The highest BCUT2D eigenvalue weighted by Crippen LogP contribution is 2.25. The molecule has 1 aromatic heterocycles. The van der Waals surface area contributed by atoms with Gasteiger partial charge in [-0.1, -0.05) is 0 Å².